The van der Waals surface area contributed by atoms with E-state index in [9.17, 15) is 9.59 Å². The molecule has 20 heavy (non-hydrogen) atoms. The molecule has 0 bridgehead atoms. The first-order chi connectivity index (χ1) is 9.58. The van der Waals surface area contributed by atoms with Gasteiger partial charge in [-0.15, -0.1) is 0 Å². The summed E-state index contributed by atoms with van der Waals surface area (Å²) in [4.78, 5) is 26.4. The van der Waals surface area contributed by atoms with E-state index >= 15 is 0 Å². The van der Waals surface area contributed by atoms with E-state index in [1.807, 2.05) is 11.8 Å². The highest BCUT2D eigenvalue weighted by Gasteiger charge is 2.31. The summed E-state index contributed by atoms with van der Waals surface area (Å²) >= 11 is 0. The highest BCUT2D eigenvalue weighted by Crippen LogP contribution is 2.30. The zero-order valence-corrected chi connectivity index (χ0v) is 12.0. The molecule has 0 aromatic carbocycles. The fraction of sp³-hybridized carbons (Fsp3) is 0.600. The molecule has 5 heteroatoms. The molecule has 5 nitrogen and oxygen atoms in total. The van der Waals surface area contributed by atoms with Crippen molar-refractivity contribution >= 4 is 11.7 Å². The van der Waals surface area contributed by atoms with E-state index in [-0.39, 0.29) is 11.7 Å². The molecular weight excluding hydrogens is 256 g/mol. The van der Waals surface area contributed by atoms with Crippen molar-refractivity contribution in [2.75, 3.05) is 19.6 Å². The lowest BCUT2D eigenvalue weighted by Crippen LogP contribution is -2.51. The summed E-state index contributed by atoms with van der Waals surface area (Å²) in [7, 11) is 0. The number of fused-ring (bicyclic) bond motifs is 1. The van der Waals surface area contributed by atoms with Gasteiger partial charge in [0, 0.05) is 44.1 Å². The second kappa shape index (κ2) is 5.05. The molecule has 3 rings (SSSR count). The molecule has 1 aliphatic heterocycles. The lowest BCUT2D eigenvalue weighted by atomic mass is 9.94. The largest absolute Gasteiger partial charge is 0.455 e. The smallest absolute Gasteiger partial charge is 0.289 e. The van der Waals surface area contributed by atoms with Crippen LogP contribution < -0.4 is 5.32 Å². The average Bonchev–Trinajstić information content (AvgIpc) is 2.76. The molecule has 2 aliphatic rings. The van der Waals surface area contributed by atoms with Gasteiger partial charge in [-0.3, -0.25) is 9.59 Å². The number of aryl methyl sites for hydroxylation is 1. The van der Waals surface area contributed by atoms with Gasteiger partial charge in [0.2, 0.25) is 0 Å². The third-order valence-corrected chi connectivity index (χ3v) is 4.16. The van der Waals surface area contributed by atoms with Crippen LogP contribution >= 0.6 is 0 Å². The molecule has 1 fully saturated rings. The maximum atomic E-state index is 12.6. The van der Waals surface area contributed by atoms with Gasteiger partial charge in [-0.25, -0.2) is 0 Å². The van der Waals surface area contributed by atoms with Crippen LogP contribution in [0.5, 0.6) is 0 Å². The standard InChI is InChI=1S/C15H20N2O3/c1-9-8-17(7-6-16-9)15(19)14-10(2)13-11(18)4-3-5-12(13)20-14/h9,16H,3-8H2,1-2H3. The van der Waals surface area contributed by atoms with E-state index in [0.717, 1.165) is 24.9 Å². The summed E-state index contributed by atoms with van der Waals surface area (Å²) < 4.78 is 5.73. The molecule has 0 saturated carbocycles. The lowest BCUT2D eigenvalue weighted by Gasteiger charge is -2.31. The Hall–Kier alpha value is -1.62. The van der Waals surface area contributed by atoms with Crippen molar-refractivity contribution < 1.29 is 14.0 Å². The first kappa shape index (κ1) is 13.4. The average molecular weight is 276 g/mol. The lowest BCUT2D eigenvalue weighted by molar-refractivity contribution is 0.0673. The Balaban J connectivity index is 1.90. The van der Waals surface area contributed by atoms with Gasteiger partial charge in [-0.05, 0) is 20.3 Å². The van der Waals surface area contributed by atoms with E-state index in [4.69, 9.17) is 4.42 Å². The van der Waals surface area contributed by atoms with Crippen LogP contribution in [0.15, 0.2) is 4.42 Å². The number of carbonyl (C=O) groups is 2. The van der Waals surface area contributed by atoms with Crippen molar-refractivity contribution in [1.82, 2.24) is 10.2 Å². The van der Waals surface area contributed by atoms with Gasteiger partial charge < -0.3 is 14.6 Å². The van der Waals surface area contributed by atoms with Gasteiger partial charge >= 0.3 is 0 Å². The molecule has 1 saturated heterocycles. The maximum absolute atomic E-state index is 12.6. The summed E-state index contributed by atoms with van der Waals surface area (Å²) in [5.74, 6) is 1.09. The maximum Gasteiger partial charge on any atom is 0.289 e. The number of nitrogens with one attached hydrogen (secondary N) is 1. The van der Waals surface area contributed by atoms with Gasteiger partial charge in [0.25, 0.3) is 5.91 Å². The Morgan fingerprint density at radius 3 is 2.90 bits per heavy atom. The number of piperazine rings is 1. The number of Topliss-reactive ketones (excluding diaryl/α,β-unsaturated/α-hetero) is 1. The fourth-order valence-electron chi connectivity index (χ4n) is 3.11. The molecule has 0 spiro atoms. The van der Waals surface area contributed by atoms with Gasteiger partial charge in [0.1, 0.15) is 5.76 Å². The second-order valence-electron chi connectivity index (χ2n) is 5.74. The van der Waals surface area contributed by atoms with E-state index < -0.39 is 0 Å². The van der Waals surface area contributed by atoms with Crippen LogP contribution in [0.1, 0.15) is 52.0 Å². The van der Waals surface area contributed by atoms with Gasteiger partial charge in [0.05, 0.1) is 5.56 Å². The van der Waals surface area contributed by atoms with Crippen molar-refractivity contribution in [1.29, 1.82) is 0 Å². The van der Waals surface area contributed by atoms with Crippen LogP contribution in [0, 0.1) is 6.92 Å². The van der Waals surface area contributed by atoms with E-state index in [1.165, 1.54) is 0 Å². The SMILES string of the molecule is Cc1c(C(=O)N2CCNC(C)C2)oc2c1C(=O)CCC2. The van der Waals surface area contributed by atoms with E-state index in [2.05, 4.69) is 12.2 Å². The number of furan rings is 1. The van der Waals surface area contributed by atoms with Crippen molar-refractivity contribution in [3.8, 4) is 0 Å². The van der Waals surface area contributed by atoms with Crippen molar-refractivity contribution in [2.24, 2.45) is 0 Å². The molecule has 1 amide bonds. The molecule has 0 radical (unpaired) electrons. The third kappa shape index (κ3) is 2.16. The molecule has 1 unspecified atom stereocenters. The summed E-state index contributed by atoms with van der Waals surface area (Å²) in [6, 6.07) is 0.291. The third-order valence-electron chi connectivity index (χ3n) is 4.16. The van der Waals surface area contributed by atoms with Crippen molar-refractivity contribution in [3.05, 3.63) is 22.6 Å². The molecule has 2 heterocycles. The first-order valence-corrected chi connectivity index (χ1v) is 7.26. The summed E-state index contributed by atoms with van der Waals surface area (Å²) in [5.41, 5.74) is 1.38. The Bertz CT molecular complexity index is 562. The Morgan fingerprint density at radius 2 is 2.20 bits per heavy atom. The molecule has 1 aromatic rings. The van der Waals surface area contributed by atoms with Crippen LogP contribution in [-0.4, -0.2) is 42.3 Å². The number of nitrogens with zero attached hydrogens (tertiary/aromatic N) is 1. The number of ketones is 1. The Morgan fingerprint density at radius 1 is 1.40 bits per heavy atom. The number of carbonyl (C=O) groups excluding carboxylic acids is 2. The van der Waals surface area contributed by atoms with E-state index in [0.29, 0.717) is 42.6 Å². The van der Waals surface area contributed by atoms with Gasteiger partial charge in [0.15, 0.2) is 11.5 Å². The Labute approximate surface area is 118 Å². The molecule has 1 aromatic heterocycles. The summed E-state index contributed by atoms with van der Waals surface area (Å²) in [6.45, 7) is 6.04. The van der Waals surface area contributed by atoms with Crippen LogP contribution in [-0.2, 0) is 6.42 Å². The molecular formula is C15H20N2O3. The number of amides is 1. The fourth-order valence-corrected chi connectivity index (χ4v) is 3.11. The first-order valence-electron chi connectivity index (χ1n) is 7.26. The highest BCUT2D eigenvalue weighted by molar-refractivity contribution is 6.03. The molecule has 1 aliphatic carbocycles. The van der Waals surface area contributed by atoms with Crippen LogP contribution in [0.25, 0.3) is 0 Å². The molecule has 108 valence electrons. The predicted octanol–water partition coefficient (Wildman–Crippen LogP) is 1.54. The normalized spacial score (nSPS) is 22.8. The number of hydrogen-bond donors (Lipinski definition) is 1. The molecule has 1 N–H and O–H groups in total. The zero-order valence-electron chi connectivity index (χ0n) is 12.0. The quantitative estimate of drug-likeness (QED) is 0.845. The number of rotatable bonds is 1. The topological polar surface area (TPSA) is 62.6 Å². The minimum Gasteiger partial charge on any atom is -0.455 e. The minimum absolute atomic E-state index is 0.0851. The molecule has 1 atom stereocenters. The summed E-state index contributed by atoms with van der Waals surface area (Å²) in [5, 5.41) is 3.31. The summed E-state index contributed by atoms with van der Waals surface area (Å²) in [6.07, 6.45) is 2.13. The van der Waals surface area contributed by atoms with Crippen LogP contribution in [0.2, 0.25) is 0 Å². The highest BCUT2D eigenvalue weighted by atomic mass is 16.4. The van der Waals surface area contributed by atoms with Crippen molar-refractivity contribution in [2.45, 2.75) is 39.2 Å². The van der Waals surface area contributed by atoms with Gasteiger partial charge in [-0.2, -0.15) is 0 Å². The van der Waals surface area contributed by atoms with E-state index in [1.54, 1.807) is 0 Å². The van der Waals surface area contributed by atoms with Crippen molar-refractivity contribution in [3.63, 3.8) is 0 Å². The second-order valence-corrected chi connectivity index (χ2v) is 5.74. The Kier molecular flexibility index (Phi) is 3.38. The van der Waals surface area contributed by atoms with Crippen LogP contribution in [0.4, 0.5) is 0 Å². The predicted molar refractivity (Wildman–Crippen MR) is 74.1 cm³/mol. The van der Waals surface area contributed by atoms with Crippen LogP contribution in [0.3, 0.4) is 0 Å². The monoisotopic (exact) mass is 276 g/mol. The zero-order chi connectivity index (χ0) is 14.3. The van der Waals surface area contributed by atoms with Gasteiger partial charge in [-0.1, -0.05) is 0 Å². The number of hydrogen-bond acceptors (Lipinski definition) is 4. The minimum atomic E-state index is -0.0851.